The molecule has 0 aromatic carbocycles. The van der Waals surface area contributed by atoms with Crippen molar-refractivity contribution in [3.05, 3.63) is 46.6 Å². The minimum absolute atomic E-state index is 0.250. The van der Waals surface area contributed by atoms with Crippen molar-refractivity contribution >= 4 is 5.78 Å². The fraction of sp³-hybridized carbons (Fsp3) is 0.667. The third-order valence-electron chi connectivity index (χ3n) is 6.30. The number of nitrogens with one attached hydrogen (secondary N) is 1. The number of ketones is 1. The molecule has 3 nitrogen and oxygen atoms in total. The molecule has 3 heteroatoms. The molecule has 1 fully saturated rings. The SMILES string of the molecule is CC(=O)C1(C)CNCCN1CC=C(C)CCC=C(C)CCC=C(C)CCC=C(C)C. The van der Waals surface area contributed by atoms with Crippen LogP contribution in [0.2, 0.25) is 0 Å². The van der Waals surface area contributed by atoms with Crippen LogP contribution in [0.1, 0.15) is 87.0 Å². The van der Waals surface area contributed by atoms with Gasteiger partial charge in [-0.05, 0) is 87.0 Å². The molecular formula is C27H46N2O. The van der Waals surface area contributed by atoms with E-state index >= 15 is 0 Å². The van der Waals surface area contributed by atoms with E-state index in [-0.39, 0.29) is 11.3 Å². The summed E-state index contributed by atoms with van der Waals surface area (Å²) in [5.41, 5.74) is 5.44. The standard InChI is InChI=1S/C27H46N2O/c1-22(2)11-8-12-23(3)13-9-14-24(4)15-10-16-25(5)17-19-29-20-18-28-21-27(29,7)26(6)30/h11,13,15,17,28H,8-10,12,14,16,18-21H2,1-7H3. The third kappa shape index (κ3) is 10.0. The molecule has 0 amide bonds. The average molecular weight is 415 g/mol. The van der Waals surface area contributed by atoms with Crippen molar-refractivity contribution in [2.24, 2.45) is 0 Å². The van der Waals surface area contributed by atoms with Crippen LogP contribution in [-0.2, 0) is 4.79 Å². The quantitative estimate of drug-likeness (QED) is 0.376. The Labute approximate surface area is 186 Å². The average Bonchev–Trinajstić information content (AvgIpc) is 2.67. The van der Waals surface area contributed by atoms with Crippen molar-refractivity contribution in [1.29, 1.82) is 0 Å². The van der Waals surface area contributed by atoms with E-state index in [4.69, 9.17) is 0 Å². The predicted molar refractivity (Wildman–Crippen MR) is 132 cm³/mol. The topological polar surface area (TPSA) is 32.3 Å². The molecule has 0 aromatic rings. The van der Waals surface area contributed by atoms with E-state index in [9.17, 15) is 4.79 Å². The van der Waals surface area contributed by atoms with Gasteiger partial charge in [-0.3, -0.25) is 9.69 Å². The molecule has 1 unspecified atom stereocenters. The minimum Gasteiger partial charge on any atom is -0.313 e. The van der Waals surface area contributed by atoms with E-state index in [0.29, 0.717) is 0 Å². The Morgan fingerprint density at radius 1 is 0.833 bits per heavy atom. The smallest absolute Gasteiger partial charge is 0.151 e. The summed E-state index contributed by atoms with van der Waals surface area (Å²) < 4.78 is 0. The van der Waals surface area contributed by atoms with Gasteiger partial charge in [-0.15, -0.1) is 0 Å². The van der Waals surface area contributed by atoms with Crippen molar-refractivity contribution in [1.82, 2.24) is 10.2 Å². The lowest BCUT2D eigenvalue weighted by Gasteiger charge is -2.43. The minimum atomic E-state index is -0.372. The highest BCUT2D eigenvalue weighted by Crippen LogP contribution is 2.19. The van der Waals surface area contributed by atoms with Crippen LogP contribution >= 0.6 is 0 Å². The van der Waals surface area contributed by atoms with Gasteiger partial charge in [0.25, 0.3) is 0 Å². The number of nitrogens with zero attached hydrogens (tertiary/aromatic N) is 1. The fourth-order valence-electron chi connectivity index (χ4n) is 3.80. The van der Waals surface area contributed by atoms with Gasteiger partial charge in [0.1, 0.15) is 0 Å². The summed E-state index contributed by atoms with van der Waals surface area (Å²) in [6, 6.07) is 0. The van der Waals surface area contributed by atoms with E-state index in [0.717, 1.165) is 58.3 Å². The zero-order chi connectivity index (χ0) is 22.6. The molecule has 0 aliphatic carbocycles. The van der Waals surface area contributed by atoms with Crippen LogP contribution in [0.15, 0.2) is 46.6 Å². The van der Waals surface area contributed by atoms with Gasteiger partial charge in [0.2, 0.25) is 0 Å². The lowest BCUT2D eigenvalue weighted by molar-refractivity contribution is -0.128. The number of carbonyl (C=O) groups excluding carboxylic acids is 1. The molecule has 1 rings (SSSR count). The van der Waals surface area contributed by atoms with Crippen molar-refractivity contribution in [3.8, 4) is 0 Å². The van der Waals surface area contributed by atoms with E-state index in [1.807, 2.05) is 0 Å². The number of hydrogen-bond acceptors (Lipinski definition) is 3. The second-order valence-electron chi connectivity index (χ2n) is 9.50. The maximum atomic E-state index is 12.1. The molecule has 0 radical (unpaired) electrons. The molecule has 1 saturated heterocycles. The molecule has 0 saturated carbocycles. The van der Waals surface area contributed by atoms with Crippen LogP contribution in [0.3, 0.4) is 0 Å². The molecule has 30 heavy (non-hydrogen) atoms. The molecule has 1 aliphatic heterocycles. The molecule has 170 valence electrons. The first-order valence-electron chi connectivity index (χ1n) is 11.7. The van der Waals surface area contributed by atoms with Gasteiger partial charge in [0.05, 0.1) is 5.54 Å². The van der Waals surface area contributed by atoms with E-state index in [1.165, 1.54) is 28.7 Å². The summed E-state index contributed by atoms with van der Waals surface area (Å²) in [4.78, 5) is 14.4. The van der Waals surface area contributed by atoms with E-state index in [1.54, 1.807) is 6.92 Å². The highest BCUT2D eigenvalue weighted by molar-refractivity contribution is 5.86. The molecule has 1 atom stereocenters. The Balaban J connectivity index is 2.37. The molecular weight excluding hydrogens is 368 g/mol. The number of rotatable bonds is 12. The van der Waals surface area contributed by atoms with Gasteiger partial charge in [0, 0.05) is 26.2 Å². The lowest BCUT2D eigenvalue weighted by atomic mass is 9.92. The normalized spacial score (nSPS) is 21.6. The Morgan fingerprint density at radius 2 is 1.33 bits per heavy atom. The fourth-order valence-corrected chi connectivity index (χ4v) is 3.80. The Hall–Kier alpha value is -1.45. The third-order valence-corrected chi connectivity index (χ3v) is 6.30. The van der Waals surface area contributed by atoms with Crippen LogP contribution in [-0.4, -0.2) is 42.4 Å². The molecule has 1 aliphatic rings. The van der Waals surface area contributed by atoms with Gasteiger partial charge in [-0.25, -0.2) is 0 Å². The number of allylic oxidation sites excluding steroid dienone is 7. The van der Waals surface area contributed by atoms with Crippen LogP contribution < -0.4 is 5.32 Å². The van der Waals surface area contributed by atoms with Crippen molar-refractivity contribution < 1.29 is 4.79 Å². The molecule has 1 heterocycles. The second kappa shape index (κ2) is 13.8. The van der Waals surface area contributed by atoms with Crippen LogP contribution in [0.25, 0.3) is 0 Å². The number of Topliss-reactive ketones (excluding diaryl/α,β-unsaturated/α-hetero) is 1. The van der Waals surface area contributed by atoms with Crippen LogP contribution in [0, 0.1) is 0 Å². The van der Waals surface area contributed by atoms with Crippen molar-refractivity contribution in [3.63, 3.8) is 0 Å². The monoisotopic (exact) mass is 414 g/mol. The van der Waals surface area contributed by atoms with Gasteiger partial charge in [-0.1, -0.05) is 46.6 Å². The summed E-state index contributed by atoms with van der Waals surface area (Å²) in [5, 5.41) is 3.36. The van der Waals surface area contributed by atoms with E-state index < -0.39 is 0 Å². The van der Waals surface area contributed by atoms with Crippen LogP contribution in [0.4, 0.5) is 0 Å². The number of hydrogen-bond donors (Lipinski definition) is 1. The zero-order valence-corrected chi connectivity index (χ0v) is 20.7. The van der Waals surface area contributed by atoms with Gasteiger partial charge < -0.3 is 5.32 Å². The summed E-state index contributed by atoms with van der Waals surface area (Å²) in [7, 11) is 0. The molecule has 0 aromatic heterocycles. The van der Waals surface area contributed by atoms with Crippen LogP contribution in [0.5, 0.6) is 0 Å². The summed E-state index contributed by atoms with van der Waals surface area (Å²) in [6.45, 7) is 18.3. The largest absolute Gasteiger partial charge is 0.313 e. The molecule has 0 bridgehead atoms. The Kier molecular flexibility index (Phi) is 12.2. The van der Waals surface area contributed by atoms with Gasteiger partial charge >= 0.3 is 0 Å². The molecule has 0 spiro atoms. The Bertz CT molecular complexity index is 664. The van der Waals surface area contributed by atoms with Gasteiger partial charge in [-0.2, -0.15) is 0 Å². The first-order valence-corrected chi connectivity index (χ1v) is 11.7. The number of piperazine rings is 1. The number of carbonyl (C=O) groups is 1. The maximum absolute atomic E-state index is 12.1. The first-order chi connectivity index (χ1) is 14.1. The maximum Gasteiger partial charge on any atom is 0.151 e. The highest BCUT2D eigenvalue weighted by Gasteiger charge is 2.37. The highest BCUT2D eigenvalue weighted by atomic mass is 16.1. The second-order valence-corrected chi connectivity index (χ2v) is 9.50. The van der Waals surface area contributed by atoms with E-state index in [2.05, 4.69) is 76.1 Å². The predicted octanol–water partition coefficient (Wildman–Crippen LogP) is 6.39. The Morgan fingerprint density at radius 3 is 1.83 bits per heavy atom. The van der Waals surface area contributed by atoms with Crippen molar-refractivity contribution in [2.75, 3.05) is 26.2 Å². The zero-order valence-electron chi connectivity index (χ0n) is 20.7. The summed E-state index contributed by atoms with van der Waals surface area (Å²) in [5.74, 6) is 0.250. The molecule has 1 N–H and O–H groups in total. The summed E-state index contributed by atoms with van der Waals surface area (Å²) >= 11 is 0. The lowest BCUT2D eigenvalue weighted by Crippen LogP contribution is -2.63. The van der Waals surface area contributed by atoms with Crippen molar-refractivity contribution in [2.45, 2.75) is 92.5 Å². The summed E-state index contributed by atoms with van der Waals surface area (Å²) in [6.07, 6.45) is 16.3. The van der Waals surface area contributed by atoms with Gasteiger partial charge in [0.15, 0.2) is 5.78 Å². The first kappa shape index (κ1) is 26.6.